The lowest BCUT2D eigenvalue weighted by Crippen LogP contribution is -2.37. The van der Waals surface area contributed by atoms with E-state index < -0.39 is 0 Å². The molecule has 0 radical (unpaired) electrons. The number of aromatic nitrogens is 2. The fraction of sp³-hybridized carbons (Fsp3) is 0.353. The molecule has 1 aromatic heterocycles. The third-order valence-electron chi connectivity index (χ3n) is 4.74. The molecular formula is C17H18N4O3. The Morgan fingerprint density at radius 2 is 1.92 bits per heavy atom. The number of rotatable bonds is 1. The average Bonchev–Trinajstić information content (AvgIpc) is 2.94. The van der Waals surface area contributed by atoms with Gasteiger partial charge in [-0.25, -0.2) is 0 Å². The van der Waals surface area contributed by atoms with E-state index in [1.807, 2.05) is 18.2 Å². The molecule has 2 aromatic rings. The summed E-state index contributed by atoms with van der Waals surface area (Å²) < 4.78 is 1.43. The molecule has 0 aliphatic carbocycles. The third kappa shape index (κ3) is 2.16. The molecule has 0 spiro atoms. The van der Waals surface area contributed by atoms with E-state index in [1.54, 1.807) is 11.9 Å². The molecule has 0 unspecified atom stereocenters. The molecule has 1 N–H and O–H groups in total. The zero-order chi connectivity index (χ0) is 16.8. The predicted molar refractivity (Wildman–Crippen MR) is 85.7 cm³/mol. The first kappa shape index (κ1) is 14.7. The Hall–Kier alpha value is -2.83. The SMILES string of the molecule is CN1CCn2nc(C(=O)N3CCc4ccccc4C3)c(O)c2C1=O. The summed E-state index contributed by atoms with van der Waals surface area (Å²) in [7, 11) is 1.67. The number of aromatic hydroxyl groups is 1. The summed E-state index contributed by atoms with van der Waals surface area (Å²) in [5.74, 6) is -0.955. The van der Waals surface area contributed by atoms with Crippen LogP contribution in [-0.2, 0) is 19.5 Å². The van der Waals surface area contributed by atoms with E-state index in [-0.39, 0.29) is 29.0 Å². The number of carbonyl (C=O) groups excluding carboxylic acids is 2. The van der Waals surface area contributed by atoms with Gasteiger partial charge in [-0.05, 0) is 17.5 Å². The molecule has 0 fully saturated rings. The van der Waals surface area contributed by atoms with E-state index in [0.717, 1.165) is 12.0 Å². The second-order valence-corrected chi connectivity index (χ2v) is 6.24. The molecule has 0 saturated carbocycles. The van der Waals surface area contributed by atoms with Crippen LogP contribution >= 0.6 is 0 Å². The molecule has 0 atom stereocenters. The van der Waals surface area contributed by atoms with Crippen LogP contribution in [0.2, 0.25) is 0 Å². The monoisotopic (exact) mass is 326 g/mol. The fourth-order valence-electron chi connectivity index (χ4n) is 3.32. The van der Waals surface area contributed by atoms with Crippen molar-refractivity contribution in [3.05, 3.63) is 46.8 Å². The van der Waals surface area contributed by atoms with E-state index in [1.165, 1.54) is 15.1 Å². The number of benzene rings is 1. The number of hydrogen-bond acceptors (Lipinski definition) is 4. The normalized spacial score (nSPS) is 16.8. The van der Waals surface area contributed by atoms with E-state index in [0.29, 0.717) is 26.2 Å². The summed E-state index contributed by atoms with van der Waals surface area (Å²) in [6.45, 7) is 2.05. The topological polar surface area (TPSA) is 78.7 Å². The third-order valence-corrected chi connectivity index (χ3v) is 4.74. The van der Waals surface area contributed by atoms with Gasteiger partial charge in [0.2, 0.25) is 0 Å². The number of nitrogens with zero attached hydrogens (tertiary/aromatic N) is 4. The Labute approximate surface area is 139 Å². The smallest absolute Gasteiger partial charge is 0.278 e. The van der Waals surface area contributed by atoms with Gasteiger partial charge in [0.05, 0.1) is 6.54 Å². The van der Waals surface area contributed by atoms with Crippen LogP contribution in [0.1, 0.15) is 32.1 Å². The van der Waals surface area contributed by atoms with Gasteiger partial charge < -0.3 is 14.9 Å². The van der Waals surface area contributed by atoms with Crippen molar-refractivity contribution in [2.24, 2.45) is 0 Å². The standard InChI is InChI=1S/C17H18N4O3/c1-19-8-9-21-14(17(19)24)15(22)13(18-21)16(23)20-7-6-11-4-2-3-5-12(11)10-20/h2-5,22H,6-10H2,1H3. The fourth-order valence-corrected chi connectivity index (χ4v) is 3.32. The van der Waals surface area contributed by atoms with Gasteiger partial charge in [-0.2, -0.15) is 5.10 Å². The molecule has 7 nitrogen and oxygen atoms in total. The summed E-state index contributed by atoms with van der Waals surface area (Å²) in [5, 5.41) is 14.6. The largest absolute Gasteiger partial charge is 0.504 e. The molecule has 2 amide bonds. The van der Waals surface area contributed by atoms with Crippen LogP contribution < -0.4 is 0 Å². The van der Waals surface area contributed by atoms with Crippen LogP contribution in [-0.4, -0.2) is 56.6 Å². The number of likely N-dealkylation sites (N-methyl/N-ethyl adjacent to an activating group) is 1. The maximum atomic E-state index is 12.8. The van der Waals surface area contributed by atoms with Crippen molar-refractivity contribution >= 4 is 11.8 Å². The van der Waals surface area contributed by atoms with Crippen LogP contribution in [0, 0.1) is 0 Å². The van der Waals surface area contributed by atoms with Crippen molar-refractivity contribution < 1.29 is 14.7 Å². The van der Waals surface area contributed by atoms with Crippen molar-refractivity contribution in [3.8, 4) is 5.75 Å². The minimum absolute atomic E-state index is 0.0342. The van der Waals surface area contributed by atoms with Crippen molar-refractivity contribution in [3.63, 3.8) is 0 Å². The first-order valence-corrected chi connectivity index (χ1v) is 7.97. The zero-order valence-electron chi connectivity index (χ0n) is 13.4. The van der Waals surface area contributed by atoms with E-state index >= 15 is 0 Å². The number of amides is 2. The predicted octanol–water partition coefficient (Wildman–Crippen LogP) is 0.873. The minimum atomic E-state index is -0.334. The first-order valence-electron chi connectivity index (χ1n) is 7.97. The second-order valence-electron chi connectivity index (χ2n) is 6.24. The molecule has 124 valence electrons. The van der Waals surface area contributed by atoms with Crippen LogP contribution in [0.25, 0.3) is 0 Å². The highest BCUT2D eigenvalue weighted by molar-refractivity contribution is 6.02. The van der Waals surface area contributed by atoms with Gasteiger partial charge in [0.15, 0.2) is 17.1 Å². The van der Waals surface area contributed by atoms with Crippen LogP contribution in [0.4, 0.5) is 0 Å². The van der Waals surface area contributed by atoms with Crippen LogP contribution in [0.15, 0.2) is 24.3 Å². The lowest BCUT2D eigenvalue weighted by atomic mass is 10.00. The van der Waals surface area contributed by atoms with Crippen molar-refractivity contribution in [2.45, 2.75) is 19.5 Å². The minimum Gasteiger partial charge on any atom is -0.504 e. The van der Waals surface area contributed by atoms with Gasteiger partial charge in [-0.3, -0.25) is 14.3 Å². The molecule has 2 aliphatic heterocycles. The Balaban J connectivity index is 1.65. The van der Waals surface area contributed by atoms with Crippen LogP contribution in [0.5, 0.6) is 5.75 Å². The Morgan fingerprint density at radius 3 is 2.71 bits per heavy atom. The van der Waals surface area contributed by atoms with Gasteiger partial charge in [0.25, 0.3) is 11.8 Å². The van der Waals surface area contributed by atoms with Gasteiger partial charge in [0.1, 0.15) is 0 Å². The first-order chi connectivity index (χ1) is 11.6. The molecule has 24 heavy (non-hydrogen) atoms. The van der Waals surface area contributed by atoms with E-state index in [2.05, 4.69) is 11.2 Å². The molecule has 0 bridgehead atoms. The lowest BCUT2D eigenvalue weighted by Gasteiger charge is -2.28. The van der Waals surface area contributed by atoms with Crippen molar-refractivity contribution in [2.75, 3.05) is 20.1 Å². The Morgan fingerprint density at radius 1 is 1.17 bits per heavy atom. The summed E-state index contributed by atoms with van der Waals surface area (Å²) in [6, 6.07) is 8.02. The number of carbonyl (C=O) groups is 2. The van der Waals surface area contributed by atoms with Crippen LogP contribution in [0.3, 0.4) is 0 Å². The molecule has 1 aromatic carbocycles. The molecule has 4 rings (SSSR count). The molecule has 3 heterocycles. The zero-order valence-corrected chi connectivity index (χ0v) is 13.4. The summed E-state index contributed by atoms with van der Waals surface area (Å²) in [6.07, 6.45) is 0.776. The maximum absolute atomic E-state index is 12.8. The summed E-state index contributed by atoms with van der Waals surface area (Å²) in [4.78, 5) is 28.2. The van der Waals surface area contributed by atoms with Crippen molar-refractivity contribution in [1.29, 1.82) is 0 Å². The highest BCUT2D eigenvalue weighted by Gasteiger charge is 2.34. The Bertz CT molecular complexity index is 842. The van der Waals surface area contributed by atoms with Gasteiger partial charge in [-0.15, -0.1) is 0 Å². The average molecular weight is 326 g/mol. The summed E-state index contributed by atoms with van der Waals surface area (Å²) in [5.41, 5.74) is 2.42. The van der Waals surface area contributed by atoms with Gasteiger partial charge in [0, 0.05) is 26.7 Å². The molecule has 2 aliphatic rings. The second kappa shape index (κ2) is 5.36. The van der Waals surface area contributed by atoms with E-state index in [9.17, 15) is 14.7 Å². The van der Waals surface area contributed by atoms with Crippen molar-refractivity contribution in [1.82, 2.24) is 19.6 Å². The highest BCUT2D eigenvalue weighted by atomic mass is 16.3. The van der Waals surface area contributed by atoms with Gasteiger partial charge >= 0.3 is 0 Å². The lowest BCUT2D eigenvalue weighted by molar-refractivity contribution is 0.0720. The number of hydrogen-bond donors (Lipinski definition) is 1. The Kier molecular flexibility index (Phi) is 3.30. The maximum Gasteiger partial charge on any atom is 0.278 e. The molecule has 0 saturated heterocycles. The quantitative estimate of drug-likeness (QED) is 0.843. The molecule has 7 heteroatoms. The highest BCUT2D eigenvalue weighted by Crippen LogP contribution is 2.28. The summed E-state index contributed by atoms with van der Waals surface area (Å²) >= 11 is 0. The van der Waals surface area contributed by atoms with E-state index in [4.69, 9.17) is 0 Å². The number of fused-ring (bicyclic) bond motifs is 2. The van der Waals surface area contributed by atoms with Gasteiger partial charge in [-0.1, -0.05) is 24.3 Å². The molecular weight excluding hydrogens is 308 g/mol.